The van der Waals surface area contributed by atoms with Gasteiger partial charge in [0.1, 0.15) is 12.4 Å². The van der Waals surface area contributed by atoms with Gasteiger partial charge < -0.3 is 14.4 Å². The highest BCUT2D eigenvalue weighted by Crippen LogP contribution is 2.14. The number of benzene rings is 2. The molecule has 0 radical (unpaired) electrons. The molecule has 29 heavy (non-hydrogen) atoms. The van der Waals surface area contributed by atoms with E-state index in [0.717, 1.165) is 5.56 Å². The summed E-state index contributed by atoms with van der Waals surface area (Å²) in [6, 6.07) is 20.0. The molecule has 1 aromatic heterocycles. The van der Waals surface area contributed by atoms with Crippen LogP contribution in [0.15, 0.2) is 79.1 Å². The molecule has 0 bridgehead atoms. The molecule has 6 nitrogen and oxygen atoms in total. The number of methoxy groups -OCH3 is 1. The molecule has 0 saturated heterocycles. The average molecular weight is 390 g/mol. The summed E-state index contributed by atoms with van der Waals surface area (Å²) >= 11 is 0. The number of hydrogen-bond donors (Lipinski definition) is 0. The quantitative estimate of drug-likeness (QED) is 0.550. The Morgan fingerprint density at radius 3 is 2.34 bits per heavy atom. The van der Waals surface area contributed by atoms with Crippen molar-refractivity contribution in [3.63, 3.8) is 0 Å². The number of nitrogens with zero attached hydrogens (tertiary/aromatic N) is 2. The summed E-state index contributed by atoms with van der Waals surface area (Å²) in [6.07, 6.45) is 3.20. The number of ether oxygens (including phenoxy) is 2. The third kappa shape index (κ3) is 5.65. The van der Waals surface area contributed by atoms with E-state index in [1.807, 2.05) is 30.3 Å². The lowest BCUT2D eigenvalue weighted by atomic mass is 10.2. The van der Waals surface area contributed by atoms with Gasteiger partial charge in [0.05, 0.1) is 24.8 Å². The Hall–Kier alpha value is -3.67. The molecule has 0 saturated carbocycles. The highest BCUT2D eigenvalue weighted by atomic mass is 16.5. The van der Waals surface area contributed by atoms with Crippen molar-refractivity contribution in [3.8, 4) is 5.75 Å². The summed E-state index contributed by atoms with van der Waals surface area (Å²) in [5.74, 6) is 0.116. The zero-order chi connectivity index (χ0) is 20.5. The minimum atomic E-state index is -0.396. The van der Waals surface area contributed by atoms with Crippen LogP contribution < -0.4 is 4.74 Å². The van der Waals surface area contributed by atoms with Crippen LogP contribution in [0.2, 0.25) is 0 Å². The molecule has 148 valence electrons. The molecule has 1 heterocycles. The molecule has 3 aromatic rings. The van der Waals surface area contributed by atoms with E-state index in [-0.39, 0.29) is 5.91 Å². The lowest BCUT2D eigenvalue weighted by Crippen LogP contribution is -2.34. The molecular formula is C23H22N2O4. The van der Waals surface area contributed by atoms with E-state index in [4.69, 9.17) is 4.74 Å². The first-order valence-electron chi connectivity index (χ1n) is 9.22. The highest BCUT2D eigenvalue weighted by molar-refractivity contribution is 5.93. The van der Waals surface area contributed by atoms with E-state index in [2.05, 4.69) is 9.72 Å². The molecule has 2 aromatic carbocycles. The van der Waals surface area contributed by atoms with Crippen LogP contribution in [-0.2, 0) is 11.3 Å². The molecule has 0 N–H and O–H groups in total. The number of carbonyl (C=O) groups is 2. The third-order valence-electron chi connectivity index (χ3n) is 4.32. The molecule has 0 fully saturated rings. The van der Waals surface area contributed by atoms with Gasteiger partial charge >= 0.3 is 5.97 Å². The Bertz CT molecular complexity index is 928. The first kappa shape index (κ1) is 20.1. The SMILES string of the molecule is COC(=O)c1ccc(OCCN(Cc2ccccc2)C(=O)c2cccnc2)cc1. The van der Waals surface area contributed by atoms with Crippen molar-refractivity contribution < 1.29 is 19.1 Å². The first-order chi connectivity index (χ1) is 14.2. The van der Waals surface area contributed by atoms with Crippen molar-refractivity contribution in [1.29, 1.82) is 0 Å². The first-order valence-corrected chi connectivity index (χ1v) is 9.22. The Balaban J connectivity index is 1.65. The average Bonchev–Trinajstić information content (AvgIpc) is 2.79. The van der Waals surface area contributed by atoms with Crippen molar-refractivity contribution in [1.82, 2.24) is 9.88 Å². The van der Waals surface area contributed by atoms with E-state index in [9.17, 15) is 9.59 Å². The third-order valence-corrected chi connectivity index (χ3v) is 4.32. The van der Waals surface area contributed by atoms with E-state index in [1.54, 1.807) is 53.7 Å². The number of carbonyl (C=O) groups excluding carboxylic acids is 2. The van der Waals surface area contributed by atoms with Crippen LogP contribution in [0.4, 0.5) is 0 Å². The van der Waals surface area contributed by atoms with Gasteiger partial charge in [-0.1, -0.05) is 30.3 Å². The molecular weight excluding hydrogens is 368 g/mol. The summed E-state index contributed by atoms with van der Waals surface area (Å²) in [4.78, 5) is 30.2. The summed E-state index contributed by atoms with van der Waals surface area (Å²) in [5.41, 5.74) is 2.02. The molecule has 0 spiro atoms. The zero-order valence-electron chi connectivity index (χ0n) is 16.2. The van der Waals surface area contributed by atoms with Crippen LogP contribution >= 0.6 is 0 Å². The predicted octanol–water partition coefficient (Wildman–Crippen LogP) is 3.59. The van der Waals surface area contributed by atoms with Gasteiger partial charge in [-0.15, -0.1) is 0 Å². The molecule has 0 aliphatic heterocycles. The number of amides is 1. The Morgan fingerprint density at radius 1 is 0.931 bits per heavy atom. The van der Waals surface area contributed by atoms with E-state index in [1.165, 1.54) is 7.11 Å². The maximum absolute atomic E-state index is 12.9. The van der Waals surface area contributed by atoms with E-state index < -0.39 is 5.97 Å². The second kappa shape index (κ2) is 10.0. The predicted molar refractivity (Wildman–Crippen MR) is 109 cm³/mol. The van der Waals surface area contributed by atoms with Crippen molar-refractivity contribution in [2.45, 2.75) is 6.54 Å². The smallest absolute Gasteiger partial charge is 0.337 e. The van der Waals surface area contributed by atoms with Gasteiger partial charge in [0.2, 0.25) is 0 Å². The Labute approximate surface area is 169 Å². The van der Waals surface area contributed by atoms with E-state index in [0.29, 0.717) is 36.6 Å². The fraction of sp³-hybridized carbons (Fsp3) is 0.174. The van der Waals surface area contributed by atoms with Gasteiger partial charge in [-0.05, 0) is 42.0 Å². The fourth-order valence-electron chi connectivity index (χ4n) is 2.81. The molecule has 0 aliphatic carbocycles. The summed E-state index contributed by atoms with van der Waals surface area (Å²) < 4.78 is 10.5. The van der Waals surface area contributed by atoms with E-state index >= 15 is 0 Å². The number of aromatic nitrogens is 1. The van der Waals surface area contributed by atoms with Crippen LogP contribution in [0.5, 0.6) is 5.75 Å². The maximum Gasteiger partial charge on any atom is 0.337 e. The second-order valence-electron chi connectivity index (χ2n) is 6.32. The summed E-state index contributed by atoms with van der Waals surface area (Å²) in [5, 5.41) is 0. The molecule has 6 heteroatoms. The molecule has 0 unspecified atom stereocenters. The zero-order valence-corrected chi connectivity index (χ0v) is 16.2. The fourth-order valence-corrected chi connectivity index (χ4v) is 2.81. The largest absolute Gasteiger partial charge is 0.492 e. The standard InChI is InChI=1S/C23H22N2O4/c1-28-23(27)19-9-11-21(12-10-19)29-15-14-25(17-18-6-3-2-4-7-18)22(26)20-8-5-13-24-16-20/h2-13,16H,14-15,17H2,1H3. The van der Waals surface area contributed by atoms with Crippen LogP contribution in [0.1, 0.15) is 26.3 Å². The van der Waals surface area contributed by atoms with Crippen molar-refractivity contribution in [2.75, 3.05) is 20.3 Å². The monoisotopic (exact) mass is 390 g/mol. The van der Waals surface area contributed by atoms with Crippen LogP contribution in [0.25, 0.3) is 0 Å². The number of hydrogen-bond acceptors (Lipinski definition) is 5. The summed E-state index contributed by atoms with van der Waals surface area (Å²) in [7, 11) is 1.34. The minimum Gasteiger partial charge on any atom is -0.492 e. The van der Waals surface area contributed by atoms with Gasteiger partial charge in [0, 0.05) is 18.9 Å². The van der Waals surface area contributed by atoms with Crippen molar-refractivity contribution in [2.24, 2.45) is 0 Å². The number of esters is 1. The maximum atomic E-state index is 12.9. The molecule has 0 atom stereocenters. The van der Waals surface area contributed by atoms with Crippen molar-refractivity contribution >= 4 is 11.9 Å². The lowest BCUT2D eigenvalue weighted by molar-refractivity contribution is 0.0600. The minimum absolute atomic E-state index is 0.105. The van der Waals surface area contributed by atoms with Gasteiger partial charge in [-0.25, -0.2) is 4.79 Å². The van der Waals surface area contributed by atoms with Gasteiger partial charge in [0.25, 0.3) is 5.91 Å². The molecule has 0 aliphatic rings. The topological polar surface area (TPSA) is 68.7 Å². The Kier molecular flexibility index (Phi) is 6.95. The molecule has 3 rings (SSSR count). The second-order valence-corrected chi connectivity index (χ2v) is 6.32. The highest BCUT2D eigenvalue weighted by Gasteiger charge is 2.16. The summed E-state index contributed by atoms with van der Waals surface area (Å²) in [6.45, 7) is 1.19. The van der Waals surface area contributed by atoms with Gasteiger partial charge in [-0.2, -0.15) is 0 Å². The lowest BCUT2D eigenvalue weighted by Gasteiger charge is -2.23. The van der Waals surface area contributed by atoms with Gasteiger partial charge in [0.15, 0.2) is 0 Å². The van der Waals surface area contributed by atoms with Crippen LogP contribution in [-0.4, -0.2) is 42.0 Å². The molecule has 1 amide bonds. The van der Waals surface area contributed by atoms with Crippen LogP contribution in [0, 0.1) is 0 Å². The number of rotatable bonds is 8. The number of pyridine rings is 1. The normalized spacial score (nSPS) is 10.2. The van der Waals surface area contributed by atoms with Crippen LogP contribution in [0.3, 0.4) is 0 Å². The van der Waals surface area contributed by atoms with Gasteiger partial charge in [-0.3, -0.25) is 9.78 Å². The Morgan fingerprint density at radius 2 is 1.69 bits per heavy atom. The van der Waals surface area contributed by atoms with Crippen molar-refractivity contribution in [3.05, 3.63) is 95.8 Å².